The van der Waals surface area contributed by atoms with E-state index in [1.54, 1.807) is 12.1 Å². The zero-order valence-electron chi connectivity index (χ0n) is 13.4. The highest BCUT2D eigenvalue weighted by molar-refractivity contribution is 14.1. The Morgan fingerprint density at radius 3 is 2.35 bits per heavy atom. The minimum absolute atomic E-state index is 0.0438. The third-order valence-electron chi connectivity index (χ3n) is 3.83. The number of aromatic carboxylic acids is 1. The molecule has 2 N–H and O–H groups in total. The molecule has 0 bridgehead atoms. The van der Waals surface area contributed by atoms with E-state index < -0.39 is 17.8 Å². The molecule has 0 aromatic heterocycles. The Morgan fingerprint density at radius 1 is 1.12 bits per heavy atom. The summed E-state index contributed by atoms with van der Waals surface area (Å²) in [6, 6.07) is 11.1. The Hall–Kier alpha value is -2.39. The van der Waals surface area contributed by atoms with Crippen molar-refractivity contribution in [2.45, 2.75) is 6.92 Å². The number of carboxylic acid groups (broad SMARTS) is 1. The Labute approximate surface area is 167 Å². The number of imide groups is 1. The predicted octanol–water partition coefficient (Wildman–Crippen LogP) is 3.73. The molecule has 0 saturated heterocycles. The van der Waals surface area contributed by atoms with E-state index in [1.807, 2.05) is 13.0 Å². The van der Waals surface area contributed by atoms with E-state index in [0.717, 1.165) is 14.0 Å². The fourth-order valence-electron chi connectivity index (χ4n) is 2.54. The third-order valence-corrected chi connectivity index (χ3v) is 4.85. The van der Waals surface area contributed by atoms with Crippen LogP contribution in [0.2, 0.25) is 0 Å². The molecule has 0 aliphatic carbocycles. The maximum absolute atomic E-state index is 12.7. The molecule has 2 amide bonds. The number of amides is 2. The van der Waals surface area contributed by atoms with Gasteiger partial charge in [-0.25, -0.2) is 9.69 Å². The summed E-state index contributed by atoms with van der Waals surface area (Å²) < 4.78 is 0.985. The van der Waals surface area contributed by atoms with Crippen molar-refractivity contribution in [3.8, 4) is 0 Å². The van der Waals surface area contributed by atoms with Gasteiger partial charge in [0.25, 0.3) is 11.8 Å². The van der Waals surface area contributed by atoms with E-state index in [1.165, 1.54) is 24.3 Å². The molecule has 0 saturated carbocycles. The molecule has 3 rings (SSSR count). The van der Waals surface area contributed by atoms with Crippen molar-refractivity contribution in [2.75, 3.05) is 10.2 Å². The third kappa shape index (κ3) is 3.32. The van der Waals surface area contributed by atoms with E-state index in [4.69, 9.17) is 16.7 Å². The van der Waals surface area contributed by atoms with Crippen molar-refractivity contribution in [3.05, 3.63) is 67.9 Å². The van der Waals surface area contributed by atoms with Crippen LogP contribution in [0.4, 0.5) is 11.4 Å². The van der Waals surface area contributed by atoms with Crippen molar-refractivity contribution in [3.63, 3.8) is 0 Å². The summed E-state index contributed by atoms with van der Waals surface area (Å²) in [5.74, 6) is -2.22. The van der Waals surface area contributed by atoms with Gasteiger partial charge in [-0.15, -0.1) is 0 Å². The molecule has 1 aliphatic heterocycles. The first-order chi connectivity index (χ1) is 12.3. The number of carboxylic acids is 1. The van der Waals surface area contributed by atoms with Crippen molar-refractivity contribution in [1.82, 2.24) is 0 Å². The van der Waals surface area contributed by atoms with Gasteiger partial charge in [0, 0.05) is 9.26 Å². The van der Waals surface area contributed by atoms with Crippen LogP contribution >= 0.6 is 34.2 Å². The second-order valence-corrected chi connectivity index (χ2v) is 7.20. The molecule has 6 nitrogen and oxygen atoms in total. The molecular weight excluding hydrogens is 471 g/mol. The van der Waals surface area contributed by atoms with Gasteiger partial charge in [-0.3, -0.25) is 9.59 Å². The summed E-state index contributed by atoms with van der Waals surface area (Å²) in [7, 11) is 0. The minimum Gasteiger partial charge on any atom is -0.478 e. The lowest BCUT2D eigenvalue weighted by Gasteiger charge is -2.17. The van der Waals surface area contributed by atoms with E-state index in [2.05, 4.69) is 27.9 Å². The Morgan fingerprint density at radius 2 is 1.77 bits per heavy atom. The van der Waals surface area contributed by atoms with Gasteiger partial charge in [-0.05, 0) is 77.5 Å². The molecule has 132 valence electrons. The molecule has 0 unspecified atom stereocenters. The van der Waals surface area contributed by atoms with E-state index in [9.17, 15) is 14.4 Å². The quantitative estimate of drug-likeness (QED) is 0.512. The van der Waals surface area contributed by atoms with Gasteiger partial charge < -0.3 is 10.4 Å². The molecule has 2 aromatic carbocycles. The lowest BCUT2D eigenvalue weighted by atomic mass is 10.2. The van der Waals surface area contributed by atoms with Gasteiger partial charge in [0.15, 0.2) is 0 Å². The highest BCUT2D eigenvalue weighted by Crippen LogP contribution is 2.32. The molecule has 2 aromatic rings. The predicted molar refractivity (Wildman–Crippen MR) is 106 cm³/mol. The summed E-state index contributed by atoms with van der Waals surface area (Å²) in [6.07, 6.45) is 0. The van der Waals surface area contributed by atoms with Crippen LogP contribution in [-0.4, -0.2) is 22.9 Å². The van der Waals surface area contributed by atoms with Crippen molar-refractivity contribution < 1.29 is 19.5 Å². The lowest BCUT2D eigenvalue weighted by molar-refractivity contribution is -0.120. The summed E-state index contributed by atoms with van der Waals surface area (Å²) >= 11 is 8.24. The maximum Gasteiger partial charge on any atom is 0.335 e. The maximum atomic E-state index is 12.7. The van der Waals surface area contributed by atoms with Gasteiger partial charge >= 0.3 is 5.97 Å². The molecule has 0 fully saturated rings. The molecular formula is C18H12ClIN2O4. The van der Waals surface area contributed by atoms with Gasteiger partial charge in [0.1, 0.15) is 10.7 Å². The minimum atomic E-state index is -1.05. The van der Waals surface area contributed by atoms with Crippen molar-refractivity contribution in [2.24, 2.45) is 0 Å². The van der Waals surface area contributed by atoms with Crippen LogP contribution in [0.5, 0.6) is 0 Å². The Balaban J connectivity index is 1.90. The average molecular weight is 483 g/mol. The second kappa shape index (κ2) is 7.08. The molecule has 8 heteroatoms. The standard InChI is InChI=1S/C18H12ClIN2O4/c1-9-8-11(20)4-7-13(9)22-16(23)14(19)15(17(22)24)21-12-5-2-10(3-6-12)18(25)26/h2-8,21H,1H3,(H,25,26). The highest BCUT2D eigenvalue weighted by Gasteiger charge is 2.39. The summed E-state index contributed by atoms with van der Waals surface area (Å²) in [5.41, 5.74) is 1.76. The van der Waals surface area contributed by atoms with Crippen LogP contribution in [0, 0.1) is 10.5 Å². The Kier molecular flexibility index (Phi) is 5.01. The number of rotatable bonds is 4. The van der Waals surface area contributed by atoms with Crippen LogP contribution in [0.1, 0.15) is 15.9 Å². The van der Waals surface area contributed by atoms with Crippen LogP contribution < -0.4 is 10.2 Å². The first kappa shape index (κ1) is 18.4. The lowest BCUT2D eigenvalue weighted by Crippen LogP contribution is -2.32. The van der Waals surface area contributed by atoms with Gasteiger partial charge in [-0.1, -0.05) is 11.6 Å². The molecule has 0 radical (unpaired) electrons. The molecule has 0 atom stereocenters. The number of hydrogen-bond donors (Lipinski definition) is 2. The zero-order chi connectivity index (χ0) is 19.0. The number of hydrogen-bond acceptors (Lipinski definition) is 4. The molecule has 1 heterocycles. The molecule has 1 aliphatic rings. The largest absolute Gasteiger partial charge is 0.478 e. The van der Waals surface area contributed by atoms with E-state index in [-0.39, 0.29) is 16.3 Å². The van der Waals surface area contributed by atoms with Gasteiger partial charge in [-0.2, -0.15) is 0 Å². The monoisotopic (exact) mass is 482 g/mol. The number of nitrogens with one attached hydrogen (secondary N) is 1. The number of aryl methyl sites for hydroxylation is 1. The molecule has 26 heavy (non-hydrogen) atoms. The van der Waals surface area contributed by atoms with Gasteiger partial charge in [0.2, 0.25) is 0 Å². The fourth-order valence-corrected chi connectivity index (χ4v) is 3.40. The number of carbonyl (C=O) groups excluding carboxylic acids is 2. The normalized spacial score (nSPS) is 14.2. The van der Waals surface area contributed by atoms with E-state index >= 15 is 0 Å². The van der Waals surface area contributed by atoms with Crippen LogP contribution in [0.15, 0.2) is 53.2 Å². The topological polar surface area (TPSA) is 86.7 Å². The van der Waals surface area contributed by atoms with Crippen molar-refractivity contribution >= 4 is 63.4 Å². The SMILES string of the molecule is Cc1cc(I)ccc1N1C(=O)C(Cl)=C(Nc2ccc(C(=O)O)cc2)C1=O. The summed E-state index contributed by atoms with van der Waals surface area (Å²) in [5, 5.41) is 11.5. The van der Waals surface area contributed by atoms with Crippen LogP contribution in [-0.2, 0) is 9.59 Å². The second-order valence-electron chi connectivity index (χ2n) is 5.57. The van der Waals surface area contributed by atoms with Crippen molar-refractivity contribution in [1.29, 1.82) is 0 Å². The zero-order valence-corrected chi connectivity index (χ0v) is 16.3. The Bertz CT molecular complexity index is 970. The summed E-state index contributed by atoms with van der Waals surface area (Å²) in [6.45, 7) is 1.81. The first-order valence-electron chi connectivity index (χ1n) is 7.44. The molecule has 0 spiro atoms. The fraction of sp³-hybridized carbons (Fsp3) is 0.0556. The number of nitrogens with zero attached hydrogens (tertiary/aromatic N) is 1. The van der Waals surface area contributed by atoms with Crippen LogP contribution in [0.3, 0.4) is 0 Å². The van der Waals surface area contributed by atoms with Crippen LogP contribution in [0.25, 0.3) is 0 Å². The average Bonchev–Trinajstić information content (AvgIpc) is 2.80. The number of carbonyl (C=O) groups is 3. The smallest absolute Gasteiger partial charge is 0.335 e. The van der Waals surface area contributed by atoms with Gasteiger partial charge in [0.05, 0.1) is 11.3 Å². The summed E-state index contributed by atoms with van der Waals surface area (Å²) in [4.78, 5) is 37.2. The first-order valence-corrected chi connectivity index (χ1v) is 8.90. The number of halogens is 2. The highest BCUT2D eigenvalue weighted by atomic mass is 127. The number of anilines is 2. The van der Waals surface area contributed by atoms with E-state index in [0.29, 0.717) is 11.4 Å². The number of benzene rings is 2.